The molecule has 3 heteroatoms. The van der Waals surface area contributed by atoms with Crippen LogP contribution in [0, 0.1) is 40.9 Å². The quantitative estimate of drug-likeness (QED) is 0.584. The Morgan fingerprint density at radius 3 is 2.65 bits per heavy atom. The SMILES string of the molecule is C=C(C)C(=O)OC1(CC)CC2C3CC(C#N)C(C3)C2C1. The van der Waals surface area contributed by atoms with E-state index in [4.69, 9.17) is 4.74 Å². The predicted octanol–water partition coefficient (Wildman–Crippen LogP) is 3.46. The maximum absolute atomic E-state index is 11.9. The van der Waals surface area contributed by atoms with Gasteiger partial charge in [-0.15, -0.1) is 0 Å². The van der Waals surface area contributed by atoms with Crippen molar-refractivity contribution in [2.24, 2.45) is 29.6 Å². The lowest BCUT2D eigenvalue weighted by atomic mass is 9.76. The summed E-state index contributed by atoms with van der Waals surface area (Å²) in [6, 6.07) is 2.49. The number of rotatable bonds is 3. The molecule has 0 radical (unpaired) electrons. The van der Waals surface area contributed by atoms with Crippen molar-refractivity contribution in [2.45, 2.75) is 51.6 Å². The number of hydrogen-bond acceptors (Lipinski definition) is 3. The van der Waals surface area contributed by atoms with E-state index in [1.165, 1.54) is 6.42 Å². The van der Waals surface area contributed by atoms with E-state index in [1.54, 1.807) is 6.92 Å². The van der Waals surface area contributed by atoms with Gasteiger partial charge in [-0.2, -0.15) is 5.26 Å². The van der Waals surface area contributed by atoms with Gasteiger partial charge in [0.05, 0.1) is 6.07 Å². The summed E-state index contributed by atoms with van der Waals surface area (Å²) >= 11 is 0. The van der Waals surface area contributed by atoms with Gasteiger partial charge in [-0.05, 0) is 62.7 Å². The molecular weight excluding hydrogens is 250 g/mol. The minimum atomic E-state index is -0.299. The fourth-order valence-corrected chi connectivity index (χ4v) is 5.04. The molecule has 6 unspecified atom stereocenters. The molecule has 2 bridgehead atoms. The van der Waals surface area contributed by atoms with Crippen LogP contribution in [0.1, 0.15) is 46.0 Å². The second-order valence-corrected chi connectivity index (χ2v) is 7.07. The first-order valence-electron chi connectivity index (χ1n) is 7.78. The Morgan fingerprint density at radius 1 is 1.35 bits per heavy atom. The van der Waals surface area contributed by atoms with Crippen molar-refractivity contribution < 1.29 is 9.53 Å². The summed E-state index contributed by atoms with van der Waals surface area (Å²) in [6.07, 6.45) is 5.10. The first-order chi connectivity index (χ1) is 9.49. The van der Waals surface area contributed by atoms with E-state index in [0.717, 1.165) is 25.7 Å². The van der Waals surface area contributed by atoms with Crippen LogP contribution >= 0.6 is 0 Å². The smallest absolute Gasteiger partial charge is 0.333 e. The third kappa shape index (κ3) is 1.89. The number of nitrogens with zero attached hydrogens (tertiary/aromatic N) is 1. The highest BCUT2D eigenvalue weighted by molar-refractivity contribution is 5.87. The van der Waals surface area contributed by atoms with Gasteiger partial charge >= 0.3 is 5.97 Å². The lowest BCUT2D eigenvalue weighted by molar-refractivity contribution is -0.155. The van der Waals surface area contributed by atoms with Crippen LogP contribution in [-0.2, 0) is 9.53 Å². The van der Waals surface area contributed by atoms with Crippen LogP contribution in [0.15, 0.2) is 12.2 Å². The van der Waals surface area contributed by atoms with Crippen molar-refractivity contribution in [2.75, 3.05) is 0 Å². The van der Waals surface area contributed by atoms with Gasteiger partial charge in [0.2, 0.25) is 0 Å². The van der Waals surface area contributed by atoms with E-state index < -0.39 is 0 Å². The molecule has 20 heavy (non-hydrogen) atoms. The molecule has 3 fully saturated rings. The van der Waals surface area contributed by atoms with E-state index in [-0.39, 0.29) is 17.5 Å². The maximum Gasteiger partial charge on any atom is 0.333 e. The van der Waals surface area contributed by atoms with Crippen molar-refractivity contribution in [3.63, 3.8) is 0 Å². The van der Waals surface area contributed by atoms with Crippen LogP contribution < -0.4 is 0 Å². The molecule has 0 aromatic rings. The topological polar surface area (TPSA) is 50.1 Å². The number of esters is 1. The molecule has 0 N–H and O–H groups in total. The van der Waals surface area contributed by atoms with Gasteiger partial charge in [-0.25, -0.2) is 4.79 Å². The fourth-order valence-electron chi connectivity index (χ4n) is 5.04. The normalized spacial score (nSPS) is 45.0. The van der Waals surface area contributed by atoms with E-state index in [9.17, 15) is 10.1 Å². The minimum absolute atomic E-state index is 0.241. The molecule has 0 aromatic heterocycles. The standard InChI is InChI=1S/C17H23NO2/c1-4-17(20-16(19)10(2)3)7-14-11-5-12(9-18)13(6-11)15(14)8-17/h11-15H,2,4-8H2,1,3H3. The largest absolute Gasteiger partial charge is 0.456 e. The van der Waals surface area contributed by atoms with Crippen LogP contribution in [0.25, 0.3) is 0 Å². The van der Waals surface area contributed by atoms with E-state index in [0.29, 0.717) is 29.2 Å². The Balaban J connectivity index is 1.77. The van der Waals surface area contributed by atoms with Gasteiger partial charge in [0.1, 0.15) is 5.60 Å². The summed E-state index contributed by atoms with van der Waals surface area (Å²) in [7, 11) is 0. The average Bonchev–Trinajstić information content (AvgIpc) is 3.06. The highest BCUT2D eigenvalue weighted by Crippen LogP contribution is 2.64. The summed E-state index contributed by atoms with van der Waals surface area (Å²) in [6.45, 7) is 7.50. The molecule has 0 amide bonds. The molecule has 3 aliphatic carbocycles. The van der Waals surface area contributed by atoms with Gasteiger partial charge in [0, 0.05) is 11.5 Å². The van der Waals surface area contributed by atoms with Crippen molar-refractivity contribution in [3.8, 4) is 6.07 Å². The van der Waals surface area contributed by atoms with Crippen LogP contribution in [0.5, 0.6) is 0 Å². The maximum atomic E-state index is 11.9. The Kier molecular flexibility index (Phi) is 3.16. The van der Waals surface area contributed by atoms with E-state index >= 15 is 0 Å². The van der Waals surface area contributed by atoms with Crippen LogP contribution in [0.4, 0.5) is 0 Å². The molecule has 108 valence electrons. The summed E-state index contributed by atoms with van der Waals surface area (Å²) in [5.74, 6) is 2.49. The Morgan fingerprint density at radius 2 is 2.05 bits per heavy atom. The van der Waals surface area contributed by atoms with Crippen LogP contribution in [-0.4, -0.2) is 11.6 Å². The first kappa shape index (κ1) is 13.7. The molecule has 3 saturated carbocycles. The molecule has 3 aliphatic rings. The van der Waals surface area contributed by atoms with Gasteiger partial charge in [-0.3, -0.25) is 0 Å². The summed E-state index contributed by atoms with van der Waals surface area (Å²) < 4.78 is 5.82. The molecule has 3 nitrogen and oxygen atoms in total. The van der Waals surface area contributed by atoms with Crippen LogP contribution in [0.2, 0.25) is 0 Å². The monoisotopic (exact) mass is 273 g/mol. The van der Waals surface area contributed by atoms with Gasteiger partial charge < -0.3 is 4.74 Å². The van der Waals surface area contributed by atoms with Crippen LogP contribution in [0.3, 0.4) is 0 Å². The molecular formula is C17H23NO2. The number of nitriles is 1. The number of carbonyl (C=O) groups excluding carboxylic acids is 1. The predicted molar refractivity (Wildman–Crippen MR) is 75.5 cm³/mol. The number of ether oxygens (including phenoxy) is 1. The lowest BCUT2D eigenvalue weighted by Gasteiger charge is -2.29. The molecule has 0 aliphatic heterocycles. The zero-order valence-electron chi connectivity index (χ0n) is 12.4. The highest BCUT2D eigenvalue weighted by atomic mass is 16.6. The van der Waals surface area contributed by atoms with Crippen molar-refractivity contribution in [3.05, 3.63) is 12.2 Å². The Bertz CT molecular complexity index is 492. The van der Waals surface area contributed by atoms with Gasteiger partial charge in [-0.1, -0.05) is 13.5 Å². The second kappa shape index (κ2) is 4.62. The minimum Gasteiger partial charge on any atom is -0.456 e. The Hall–Kier alpha value is -1.30. The lowest BCUT2D eigenvalue weighted by Crippen LogP contribution is -2.33. The fraction of sp³-hybridized carbons (Fsp3) is 0.765. The molecule has 0 saturated heterocycles. The van der Waals surface area contributed by atoms with Gasteiger partial charge in [0.25, 0.3) is 0 Å². The molecule has 3 rings (SSSR count). The summed E-state index contributed by atoms with van der Waals surface area (Å²) in [5, 5.41) is 9.27. The number of hydrogen-bond donors (Lipinski definition) is 0. The van der Waals surface area contributed by atoms with Gasteiger partial charge in [0.15, 0.2) is 0 Å². The number of fused-ring (bicyclic) bond motifs is 5. The van der Waals surface area contributed by atoms with Crippen molar-refractivity contribution >= 4 is 5.97 Å². The molecule has 0 spiro atoms. The van der Waals surface area contributed by atoms with Crippen molar-refractivity contribution in [1.82, 2.24) is 0 Å². The first-order valence-corrected chi connectivity index (χ1v) is 7.78. The Labute approximate surface area is 121 Å². The average molecular weight is 273 g/mol. The van der Waals surface area contributed by atoms with E-state index in [2.05, 4.69) is 19.6 Å². The third-order valence-electron chi connectivity index (χ3n) is 6.04. The summed E-state index contributed by atoms with van der Waals surface area (Å²) in [5.41, 5.74) is 0.180. The zero-order valence-corrected chi connectivity index (χ0v) is 12.4. The number of carbonyl (C=O) groups is 1. The molecule has 0 aromatic carbocycles. The van der Waals surface area contributed by atoms with E-state index in [1.807, 2.05) is 0 Å². The highest BCUT2D eigenvalue weighted by Gasteiger charge is 2.60. The third-order valence-corrected chi connectivity index (χ3v) is 6.04. The molecule has 0 heterocycles. The van der Waals surface area contributed by atoms with Crippen molar-refractivity contribution in [1.29, 1.82) is 5.26 Å². The molecule has 6 atom stereocenters. The zero-order chi connectivity index (χ0) is 14.5. The second-order valence-electron chi connectivity index (χ2n) is 7.07. The summed E-state index contributed by atoms with van der Waals surface area (Å²) in [4.78, 5) is 11.9.